The lowest BCUT2D eigenvalue weighted by atomic mass is 10.1. The van der Waals surface area contributed by atoms with Crippen LogP contribution in [0.3, 0.4) is 0 Å². The fourth-order valence-electron chi connectivity index (χ4n) is 2.61. The van der Waals surface area contributed by atoms with Crippen LogP contribution in [0.5, 0.6) is 0 Å². The van der Waals surface area contributed by atoms with Gasteiger partial charge in [0.2, 0.25) is 0 Å². The van der Waals surface area contributed by atoms with Gasteiger partial charge in [-0.3, -0.25) is 0 Å². The molecule has 2 rings (SSSR count). The van der Waals surface area contributed by atoms with Crippen LogP contribution in [0.2, 0.25) is 0 Å². The molecule has 1 unspecified atom stereocenters. The molecule has 1 fully saturated rings. The van der Waals surface area contributed by atoms with Crippen molar-refractivity contribution >= 4 is 17.3 Å². The molecule has 0 bridgehead atoms. The molecule has 1 heterocycles. The Bertz CT molecular complexity index is 470. The lowest BCUT2D eigenvalue weighted by molar-refractivity contribution is 0.0697. The number of nitrogens with zero attached hydrogens (tertiary/aromatic N) is 1. The maximum atomic E-state index is 11.3. The summed E-state index contributed by atoms with van der Waals surface area (Å²) in [5, 5.41) is 9.23. The second kappa shape index (κ2) is 6.61. The number of hydrogen-bond acceptors (Lipinski definition) is 4. The van der Waals surface area contributed by atoms with E-state index in [9.17, 15) is 9.90 Å². The molecular weight excluding hydrogens is 256 g/mol. The first-order valence-electron chi connectivity index (χ1n) is 7.03. The zero-order valence-electron chi connectivity index (χ0n) is 11.8. The Hall–Kier alpha value is -1.75. The van der Waals surface area contributed by atoms with Crippen LogP contribution >= 0.6 is 0 Å². The summed E-state index contributed by atoms with van der Waals surface area (Å²) in [6, 6.07) is 5.01. The summed E-state index contributed by atoms with van der Waals surface area (Å²) < 4.78 is 5.59. The molecule has 1 atom stereocenters. The van der Waals surface area contributed by atoms with E-state index in [1.54, 1.807) is 12.1 Å². The highest BCUT2D eigenvalue weighted by molar-refractivity contribution is 5.95. The molecule has 0 aromatic heterocycles. The van der Waals surface area contributed by atoms with E-state index in [0.29, 0.717) is 17.5 Å². The van der Waals surface area contributed by atoms with Crippen molar-refractivity contribution in [2.45, 2.75) is 31.8 Å². The maximum Gasteiger partial charge on any atom is 0.337 e. The van der Waals surface area contributed by atoms with E-state index in [1.807, 2.05) is 11.9 Å². The Morgan fingerprint density at radius 1 is 1.55 bits per heavy atom. The summed E-state index contributed by atoms with van der Waals surface area (Å²) in [6.45, 7) is 1.69. The maximum absolute atomic E-state index is 11.3. The summed E-state index contributed by atoms with van der Waals surface area (Å²) in [5.74, 6) is -0.946. The molecule has 0 radical (unpaired) electrons. The SMILES string of the molecule is CN(CCCC1CCCO1)c1ccc(N)cc1C(=O)O. The summed E-state index contributed by atoms with van der Waals surface area (Å²) in [5.41, 5.74) is 7.08. The number of aromatic carboxylic acids is 1. The predicted molar refractivity (Wildman–Crippen MR) is 79.3 cm³/mol. The number of ether oxygens (including phenoxy) is 1. The summed E-state index contributed by atoms with van der Waals surface area (Å²) >= 11 is 0. The lowest BCUT2D eigenvalue weighted by Gasteiger charge is -2.22. The zero-order valence-corrected chi connectivity index (χ0v) is 11.8. The van der Waals surface area contributed by atoms with Crippen LogP contribution in [0.4, 0.5) is 11.4 Å². The highest BCUT2D eigenvalue weighted by Gasteiger charge is 2.17. The van der Waals surface area contributed by atoms with Crippen LogP contribution < -0.4 is 10.6 Å². The van der Waals surface area contributed by atoms with Crippen molar-refractivity contribution in [3.05, 3.63) is 23.8 Å². The number of benzene rings is 1. The van der Waals surface area contributed by atoms with E-state index in [0.717, 1.165) is 38.8 Å². The van der Waals surface area contributed by atoms with Crippen LogP contribution in [0.1, 0.15) is 36.0 Å². The molecule has 0 saturated carbocycles. The third-order valence-electron chi connectivity index (χ3n) is 3.71. The number of hydrogen-bond donors (Lipinski definition) is 2. The van der Waals surface area contributed by atoms with Crippen LogP contribution in [0, 0.1) is 0 Å². The molecule has 1 aromatic carbocycles. The van der Waals surface area contributed by atoms with Gasteiger partial charge in [0.15, 0.2) is 0 Å². The first-order chi connectivity index (χ1) is 9.58. The summed E-state index contributed by atoms with van der Waals surface area (Å²) in [4.78, 5) is 13.2. The van der Waals surface area contributed by atoms with Gasteiger partial charge in [0.1, 0.15) is 0 Å². The van der Waals surface area contributed by atoms with Gasteiger partial charge in [0, 0.05) is 25.9 Å². The van der Waals surface area contributed by atoms with Crippen molar-refractivity contribution in [2.24, 2.45) is 0 Å². The quantitative estimate of drug-likeness (QED) is 0.781. The van der Waals surface area contributed by atoms with E-state index in [4.69, 9.17) is 10.5 Å². The van der Waals surface area contributed by atoms with Gasteiger partial charge in [-0.2, -0.15) is 0 Å². The van der Waals surface area contributed by atoms with Gasteiger partial charge in [-0.25, -0.2) is 4.79 Å². The van der Waals surface area contributed by atoms with E-state index in [2.05, 4.69) is 0 Å². The van der Waals surface area contributed by atoms with Crippen molar-refractivity contribution in [1.29, 1.82) is 0 Å². The largest absolute Gasteiger partial charge is 0.478 e. The standard InChI is InChI=1S/C15H22N2O3/c1-17(8-2-4-12-5-3-9-20-12)14-7-6-11(16)10-13(14)15(18)19/h6-7,10,12H,2-5,8-9,16H2,1H3,(H,18,19). The Morgan fingerprint density at radius 3 is 3.00 bits per heavy atom. The van der Waals surface area contributed by atoms with Crippen LogP contribution in [0.15, 0.2) is 18.2 Å². The van der Waals surface area contributed by atoms with Crippen molar-refractivity contribution in [2.75, 3.05) is 30.8 Å². The minimum Gasteiger partial charge on any atom is -0.478 e. The molecule has 5 heteroatoms. The van der Waals surface area contributed by atoms with Crippen molar-refractivity contribution in [3.8, 4) is 0 Å². The predicted octanol–water partition coefficient (Wildman–Crippen LogP) is 2.36. The number of rotatable bonds is 6. The van der Waals surface area contributed by atoms with Gasteiger partial charge >= 0.3 is 5.97 Å². The molecule has 3 N–H and O–H groups in total. The minimum absolute atomic E-state index is 0.254. The highest BCUT2D eigenvalue weighted by Crippen LogP contribution is 2.23. The Labute approximate surface area is 119 Å². The second-order valence-electron chi connectivity index (χ2n) is 5.28. The first-order valence-corrected chi connectivity index (χ1v) is 7.03. The molecule has 0 aliphatic carbocycles. The van der Waals surface area contributed by atoms with Crippen molar-refractivity contribution < 1.29 is 14.6 Å². The highest BCUT2D eigenvalue weighted by atomic mass is 16.5. The van der Waals surface area contributed by atoms with Crippen LogP contribution in [0.25, 0.3) is 0 Å². The van der Waals surface area contributed by atoms with Gasteiger partial charge in [-0.1, -0.05) is 0 Å². The van der Waals surface area contributed by atoms with E-state index >= 15 is 0 Å². The minimum atomic E-state index is -0.946. The number of carboxylic acids is 1. The molecular formula is C15H22N2O3. The van der Waals surface area contributed by atoms with Crippen LogP contribution in [-0.4, -0.2) is 37.4 Å². The Morgan fingerprint density at radius 2 is 2.35 bits per heavy atom. The van der Waals surface area contributed by atoms with Crippen molar-refractivity contribution in [3.63, 3.8) is 0 Å². The number of nitrogens with two attached hydrogens (primary N) is 1. The van der Waals surface area contributed by atoms with E-state index < -0.39 is 5.97 Å². The molecule has 1 saturated heterocycles. The number of carboxylic acid groups (broad SMARTS) is 1. The molecule has 0 spiro atoms. The fraction of sp³-hybridized carbons (Fsp3) is 0.533. The van der Waals surface area contributed by atoms with Gasteiger partial charge in [-0.15, -0.1) is 0 Å². The topological polar surface area (TPSA) is 75.8 Å². The van der Waals surface area contributed by atoms with Crippen molar-refractivity contribution in [1.82, 2.24) is 0 Å². The van der Waals surface area contributed by atoms with Gasteiger partial charge in [-0.05, 0) is 43.9 Å². The monoisotopic (exact) mass is 278 g/mol. The summed E-state index contributed by atoms with van der Waals surface area (Å²) in [7, 11) is 1.91. The molecule has 0 amide bonds. The molecule has 5 nitrogen and oxygen atoms in total. The molecule has 20 heavy (non-hydrogen) atoms. The first kappa shape index (κ1) is 14.7. The normalized spacial score (nSPS) is 18.1. The number of carbonyl (C=O) groups is 1. The molecule has 110 valence electrons. The number of nitrogen functional groups attached to an aromatic ring is 1. The summed E-state index contributed by atoms with van der Waals surface area (Å²) in [6.07, 6.45) is 4.70. The van der Waals surface area contributed by atoms with Gasteiger partial charge < -0.3 is 20.5 Å². The Balaban J connectivity index is 1.94. The van der Waals surface area contributed by atoms with E-state index in [1.165, 1.54) is 6.07 Å². The van der Waals surface area contributed by atoms with Crippen LogP contribution in [-0.2, 0) is 4.74 Å². The lowest BCUT2D eigenvalue weighted by Crippen LogP contribution is -2.22. The van der Waals surface area contributed by atoms with Gasteiger partial charge in [0.05, 0.1) is 17.4 Å². The third-order valence-corrected chi connectivity index (χ3v) is 3.71. The third kappa shape index (κ3) is 3.63. The molecule has 1 aromatic rings. The van der Waals surface area contributed by atoms with Gasteiger partial charge in [0.25, 0.3) is 0 Å². The number of anilines is 2. The van der Waals surface area contributed by atoms with E-state index in [-0.39, 0.29) is 5.56 Å². The second-order valence-corrected chi connectivity index (χ2v) is 5.28. The Kier molecular flexibility index (Phi) is 4.84. The molecule has 1 aliphatic rings. The smallest absolute Gasteiger partial charge is 0.337 e. The average molecular weight is 278 g/mol. The fourth-order valence-corrected chi connectivity index (χ4v) is 2.61. The molecule has 1 aliphatic heterocycles. The zero-order chi connectivity index (χ0) is 14.5. The average Bonchev–Trinajstić information content (AvgIpc) is 2.91.